The summed E-state index contributed by atoms with van der Waals surface area (Å²) < 4.78 is 42.5. The quantitative estimate of drug-likeness (QED) is 0.226. The molecule has 218 valence electrons. The Kier molecular flexibility index (Phi) is 7.85. The van der Waals surface area contributed by atoms with E-state index in [0.29, 0.717) is 10.8 Å². The molecule has 1 saturated heterocycles. The summed E-state index contributed by atoms with van der Waals surface area (Å²) in [5.41, 5.74) is 5.42. The average Bonchev–Trinajstić information content (AvgIpc) is 3.44. The van der Waals surface area contributed by atoms with E-state index in [-0.39, 0.29) is 23.9 Å². The fraction of sp³-hybridized carbons (Fsp3) is 0.281. The van der Waals surface area contributed by atoms with Gasteiger partial charge in [0, 0.05) is 40.6 Å². The van der Waals surface area contributed by atoms with Gasteiger partial charge in [0.2, 0.25) is 5.91 Å². The number of amides is 1. The second kappa shape index (κ2) is 11.2. The molecule has 3 heterocycles. The van der Waals surface area contributed by atoms with Crippen LogP contribution >= 0.6 is 12.2 Å². The molecule has 0 radical (unpaired) electrons. The Bertz CT molecular complexity index is 1650. The molecule has 2 aromatic carbocycles. The minimum Gasteiger partial charge on any atom is -0.351 e. The second-order valence-corrected chi connectivity index (χ2v) is 11.2. The highest BCUT2D eigenvalue weighted by Gasteiger charge is 2.42. The summed E-state index contributed by atoms with van der Waals surface area (Å²) in [6.07, 6.45) is -2.73. The Labute approximate surface area is 248 Å². The maximum Gasteiger partial charge on any atom is 0.416 e. The molecular formula is C32H32F3N5OS. The van der Waals surface area contributed by atoms with Crippen LogP contribution < -0.4 is 15.5 Å². The lowest BCUT2D eigenvalue weighted by atomic mass is 9.96. The second-order valence-electron chi connectivity index (χ2n) is 10.8. The van der Waals surface area contributed by atoms with Gasteiger partial charge in [-0.05, 0) is 98.7 Å². The molecule has 2 aromatic heterocycles. The highest BCUT2D eigenvalue weighted by molar-refractivity contribution is 7.80. The lowest BCUT2D eigenvalue weighted by Crippen LogP contribution is -2.29. The van der Waals surface area contributed by atoms with Gasteiger partial charge in [-0.3, -0.25) is 9.78 Å². The van der Waals surface area contributed by atoms with Crippen LogP contribution in [0.5, 0.6) is 0 Å². The molecule has 1 fully saturated rings. The van der Waals surface area contributed by atoms with Crippen molar-refractivity contribution >= 4 is 34.6 Å². The number of nitrogens with one attached hydrogen (secondary N) is 2. The third-order valence-corrected chi connectivity index (χ3v) is 7.90. The molecule has 42 heavy (non-hydrogen) atoms. The van der Waals surface area contributed by atoms with Gasteiger partial charge in [0.05, 0.1) is 23.3 Å². The number of aryl methyl sites for hydroxylation is 2. The van der Waals surface area contributed by atoms with E-state index in [1.165, 1.54) is 12.1 Å². The van der Waals surface area contributed by atoms with Crippen LogP contribution in [0.4, 0.5) is 24.5 Å². The Hall–Kier alpha value is -4.18. The first-order chi connectivity index (χ1) is 19.9. The first-order valence-electron chi connectivity index (χ1n) is 13.7. The molecule has 2 atom stereocenters. The lowest BCUT2D eigenvalue weighted by molar-refractivity contribution is -0.137. The van der Waals surface area contributed by atoms with Crippen molar-refractivity contribution in [2.75, 3.05) is 10.2 Å². The predicted molar refractivity (Wildman–Crippen MR) is 163 cm³/mol. The van der Waals surface area contributed by atoms with E-state index in [9.17, 15) is 18.0 Å². The topological polar surface area (TPSA) is 62.2 Å². The minimum absolute atomic E-state index is 0.0701. The van der Waals surface area contributed by atoms with Crippen LogP contribution in [-0.2, 0) is 11.0 Å². The highest BCUT2D eigenvalue weighted by atomic mass is 32.1. The van der Waals surface area contributed by atoms with Crippen LogP contribution in [0.2, 0.25) is 0 Å². The largest absolute Gasteiger partial charge is 0.416 e. The molecule has 6 nitrogen and oxygen atoms in total. The van der Waals surface area contributed by atoms with Crippen molar-refractivity contribution in [2.45, 2.75) is 52.9 Å². The Morgan fingerprint density at radius 3 is 2.40 bits per heavy atom. The van der Waals surface area contributed by atoms with Crippen molar-refractivity contribution in [3.63, 3.8) is 0 Å². The summed E-state index contributed by atoms with van der Waals surface area (Å²) in [7, 11) is 0. The third-order valence-electron chi connectivity index (χ3n) is 7.59. The zero-order valence-electron chi connectivity index (χ0n) is 24.0. The Morgan fingerprint density at radius 2 is 1.76 bits per heavy atom. The number of benzene rings is 2. The monoisotopic (exact) mass is 591 g/mol. The van der Waals surface area contributed by atoms with Crippen molar-refractivity contribution in [3.05, 3.63) is 107 Å². The van der Waals surface area contributed by atoms with E-state index in [1.54, 1.807) is 12.3 Å². The van der Waals surface area contributed by atoms with Crippen molar-refractivity contribution in [2.24, 2.45) is 5.92 Å². The molecule has 2 N–H and O–H groups in total. The number of rotatable bonds is 6. The van der Waals surface area contributed by atoms with Gasteiger partial charge < -0.3 is 20.1 Å². The fourth-order valence-corrected chi connectivity index (χ4v) is 5.82. The zero-order chi connectivity index (χ0) is 30.3. The summed E-state index contributed by atoms with van der Waals surface area (Å²) >= 11 is 5.88. The number of hydrogen-bond acceptors (Lipinski definition) is 3. The van der Waals surface area contributed by atoms with E-state index >= 15 is 0 Å². The molecule has 1 aliphatic rings. The maximum absolute atomic E-state index is 13.6. The number of halogens is 3. The van der Waals surface area contributed by atoms with Crippen LogP contribution in [0.3, 0.4) is 0 Å². The molecule has 0 saturated carbocycles. The van der Waals surface area contributed by atoms with E-state index in [1.807, 2.05) is 86.6 Å². The SMILES string of the molecule is Cc1cc(N2C(=S)N[C@@H](c3ccccn3)[C@H]2c2cc(C)n(-c3cccc(C(F)(F)F)c3)c2C)ccc1NC(=O)C(C)C. The summed E-state index contributed by atoms with van der Waals surface area (Å²) in [6, 6.07) is 18.1. The van der Waals surface area contributed by atoms with Crippen LogP contribution in [-0.4, -0.2) is 20.6 Å². The fourth-order valence-electron chi connectivity index (χ4n) is 5.47. The van der Waals surface area contributed by atoms with Crippen LogP contribution in [0.15, 0.2) is 72.9 Å². The molecule has 4 aromatic rings. The van der Waals surface area contributed by atoms with Crippen LogP contribution in [0, 0.1) is 26.7 Å². The summed E-state index contributed by atoms with van der Waals surface area (Å²) in [6.45, 7) is 9.40. The smallest absolute Gasteiger partial charge is 0.351 e. The summed E-state index contributed by atoms with van der Waals surface area (Å²) in [5.74, 6) is -0.227. The van der Waals surface area contributed by atoms with Crippen molar-refractivity contribution in [1.82, 2.24) is 14.9 Å². The first-order valence-corrected chi connectivity index (χ1v) is 14.1. The lowest BCUT2D eigenvalue weighted by Gasteiger charge is -2.29. The molecule has 1 amide bonds. The van der Waals surface area contributed by atoms with Crippen molar-refractivity contribution in [3.8, 4) is 5.69 Å². The van der Waals surface area contributed by atoms with Gasteiger partial charge in [0.25, 0.3) is 0 Å². The van der Waals surface area contributed by atoms with Crippen LogP contribution in [0.25, 0.3) is 5.69 Å². The van der Waals surface area contributed by atoms with Gasteiger partial charge in [-0.25, -0.2) is 0 Å². The van der Waals surface area contributed by atoms with Crippen molar-refractivity contribution in [1.29, 1.82) is 0 Å². The minimum atomic E-state index is -4.45. The van der Waals surface area contributed by atoms with Crippen molar-refractivity contribution < 1.29 is 18.0 Å². The van der Waals surface area contributed by atoms with Gasteiger partial charge in [0.15, 0.2) is 5.11 Å². The normalized spacial score (nSPS) is 17.1. The third kappa shape index (κ3) is 5.51. The number of pyridine rings is 1. The van der Waals surface area contributed by atoms with E-state index in [4.69, 9.17) is 12.2 Å². The number of alkyl halides is 3. The van der Waals surface area contributed by atoms with Gasteiger partial charge in [-0.15, -0.1) is 0 Å². The highest BCUT2D eigenvalue weighted by Crippen LogP contribution is 2.44. The molecule has 1 aliphatic heterocycles. The average molecular weight is 592 g/mol. The first kappa shape index (κ1) is 29.3. The number of hydrogen-bond donors (Lipinski definition) is 2. The summed E-state index contributed by atoms with van der Waals surface area (Å²) in [4.78, 5) is 19.0. The van der Waals surface area contributed by atoms with E-state index in [2.05, 4.69) is 15.6 Å². The zero-order valence-corrected chi connectivity index (χ0v) is 24.8. The van der Waals surface area contributed by atoms with Gasteiger partial charge in [0.1, 0.15) is 0 Å². The van der Waals surface area contributed by atoms with E-state index < -0.39 is 11.7 Å². The van der Waals surface area contributed by atoms with E-state index in [0.717, 1.165) is 45.6 Å². The number of carbonyl (C=O) groups excluding carboxylic acids is 1. The number of carbonyl (C=O) groups is 1. The molecule has 0 unspecified atom stereocenters. The molecule has 10 heteroatoms. The Balaban J connectivity index is 1.62. The molecule has 5 rings (SSSR count). The molecule has 0 spiro atoms. The number of thiocarbonyl (C=S) groups is 1. The molecule has 0 bridgehead atoms. The standard InChI is InChI=1S/C32H32F3N5OS/c1-18(2)30(41)37-26-13-12-24(15-19(26)3)40-29(28(38-31(40)42)27-11-6-7-14-36-27)25-16-20(4)39(21(25)5)23-10-8-9-22(17-23)32(33,34)35/h6-18,28-29H,1-5H3,(H,37,41)(H,38,42)/t28-,29+/m0/s1. The number of aromatic nitrogens is 2. The Morgan fingerprint density at radius 1 is 1.00 bits per heavy atom. The predicted octanol–water partition coefficient (Wildman–Crippen LogP) is 7.59. The van der Waals surface area contributed by atoms with Gasteiger partial charge >= 0.3 is 6.18 Å². The maximum atomic E-state index is 13.6. The summed E-state index contributed by atoms with van der Waals surface area (Å²) in [5, 5.41) is 6.91. The number of anilines is 2. The molecular weight excluding hydrogens is 559 g/mol. The van der Waals surface area contributed by atoms with Gasteiger partial charge in [-0.2, -0.15) is 13.2 Å². The number of nitrogens with zero attached hydrogens (tertiary/aromatic N) is 3. The van der Waals surface area contributed by atoms with Crippen LogP contribution in [0.1, 0.15) is 59.7 Å². The van der Waals surface area contributed by atoms with Gasteiger partial charge in [-0.1, -0.05) is 26.0 Å². The molecule has 0 aliphatic carbocycles.